The molecule has 1 saturated heterocycles. The van der Waals surface area contributed by atoms with Crippen molar-refractivity contribution in [2.24, 2.45) is 0 Å². The van der Waals surface area contributed by atoms with Crippen molar-refractivity contribution in [1.82, 2.24) is 0 Å². The predicted molar refractivity (Wildman–Crippen MR) is 165 cm³/mol. The van der Waals surface area contributed by atoms with Crippen molar-refractivity contribution >= 4 is 13.6 Å². The molecule has 1 fully saturated rings. The lowest BCUT2D eigenvalue weighted by atomic mass is 9.86. The highest BCUT2D eigenvalue weighted by atomic mass is 28.3. The summed E-state index contributed by atoms with van der Waals surface area (Å²) in [4.78, 5) is 0. The second-order valence-electron chi connectivity index (χ2n) is 12.0. The predicted octanol–water partition coefficient (Wildman–Crippen LogP) is 9.35. The van der Waals surface area contributed by atoms with E-state index in [0.29, 0.717) is 22.7 Å². The van der Waals surface area contributed by atoms with Gasteiger partial charge in [-0.05, 0) is 90.2 Å². The van der Waals surface area contributed by atoms with Crippen LogP contribution in [0.5, 0.6) is 17.2 Å². The maximum absolute atomic E-state index is 6.90. The van der Waals surface area contributed by atoms with Crippen LogP contribution >= 0.6 is 0 Å². The number of hydrogen-bond donors (Lipinski definition) is 0. The zero-order valence-electron chi connectivity index (χ0n) is 25.3. The van der Waals surface area contributed by atoms with Gasteiger partial charge in [-0.1, -0.05) is 59.4 Å². The number of benzene rings is 2. The molecule has 2 heterocycles. The first-order chi connectivity index (χ1) is 18.7. The van der Waals surface area contributed by atoms with E-state index in [1.807, 2.05) is 6.07 Å². The molecule has 39 heavy (non-hydrogen) atoms. The number of methoxy groups -OCH3 is 2. The Morgan fingerprint density at radius 2 is 1.51 bits per heavy atom. The Balaban J connectivity index is 1.96. The Kier molecular flexibility index (Phi) is 9.66. The van der Waals surface area contributed by atoms with E-state index in [0.717, 1.165) is 54.4 Å². The Morgan fingerprint density at radius 3 is 2.08 bits per heavy atom. The van der Waals surface area contributed by atoms with Gasteiger partial charge in [0.2, 0.25) is 0 Å². The van der Waals surface area contributed by atoms with Gasteiger partial charge in [-0.25, -0.2) is 0 Å². The van der Waals surface area contributed by atoms with E-state index >= 15 is 0 Å². The molecule has 1 unspecified atom stereocenters. The lowest BCUT2D eigenvalue weighted by Gasteiger charge is -2.42. The maximum Gasteiger partial charge on any atom is 0.135 e. The van der Waals surface area contributed by atoms with Crippen LogP contribution in [0, 0.1) is 0 Å². The molecule has 0 aromatic heterocycles. The van der Waals surface area contributed by atoms with Gasteiger partial charge in [-0.15, -0.1) is 0 Å². The largest absolute Gasteiger partial charge is 0.497 e. The average molecular weight is 549 g/mol. The third-order valence-electron chi connectivity index (χ3n) is 9.03. The first-order valence-corrected chi connectivity index (χ1v) is 17.1. The van der Waals surface area contributed by atoms with Crippen LogP contribution in [0.4, 0.5) is 0 Å². The average Bonchev–Trinajstić information content (AvgIpc) is 2.94. The Bertz CT molecular complexity index is 1150. The van der Waals surface area contributed by atoms with E-state index in [1.165, 1.54) is 29.6 Å². The van der Waals surface area contributed by atoms with Crippen LogP contribution < -0.4 is 14.2 Å². The van der Waals surface area contributed by atoms with Crippen molar-refractivity contribution in [3.05, 3.63) is 70.6 Å². The number of hydrogen-bond acceptors (Lipinski definition) is 4. The van der Waals surface area contributed by atoms with Gasteiger partial charge in [0.05, 0.1) is 28.4 Å². The highest BCUT2D eigenvalue weighted by Gasteiger charge is 2.42. The van der Waals surface area contributed by atoms with Gasteiger partial charge in [-0.2, -0.15) is 0 Å². The molecule has 0 N–H and O–H groups in total. The Hall–Kier alpha value is -2.50. The summed E-state index contributed by atoms with van der Waals surface area (Å²) in [5.74, 6) is 3.64. The summed E-state index contributed by atoms with van der Waals surface area (Å²) in [7, 11) is 1.53. The molecule has 5 heteroatoms. The summed E-state index contributed by atoms with van der Waals surface area (Å²) < 4.78 is 24.3. The molecule has 0 aliphatic carbocycles. The van der Waals surface area contributed by atoms with Crippen LogP contribution in [-0.2, 0) is 4.74 Å². The van der Waals surface area contributed by atoms with Crippen LogP contribution in [0.2, 0.25) is 16.6 Å². The third kappa shape index (κ3) is 6.15. The van der Waals surface area contributed by atoms with E-state index in [1.54, 1.807) is 14.2 Å². The third-order valence-corrected chi connectivity index (χ3v) is 15.8. The topological polar surface area (TPSA) is 36.9 Å². The minimum atomic E-state index is -1.91. The minimum absolute atomic E-state index is 0.304. The van der Waals surface area contributed by atoms with Gasteiger partial charge in [0.25, 0.3) is 0 Å². The molecule has 0 amide bonds. The van der Waals surface area contributed by atoms with Gasteiger partial charge in [0.1, 0.15) is 23.0 Å². The van der Waals surface area contributed by atoms with Crippen LogP contribution in [0.15, 0.2) is 59.5 Å². The summed E-state index contributed by atoms with van der Waals surface area (Å²) in [6.07, 6.45) is 5.76. The van der Waals surface area contributed by atoms with Crippen molar-refractivity contribution in [2.75, 3.05) is 20.8 Å². The van der Waals surface area contributed by atoms with E-state index < -0.39 is 8.07 Å². The molecule has 0 radical (unpaired) electrons. The Labute approximate surface area is 237 Å². The summed E-state index contributed by atoms with van der Waals surface area (Å²) >= 11 is 0. The van der Waals surface area contributed by atoms with Crippen molar-refractivity contribution in [3.8, 4) is 17.2 Å². The summed E-state index contributed by atoms with van der Waals surface area (Å²) in [5.41, 5.74) is 9.18. The van der Waals surface area contributed by atoms with E-state index in [-0.39, 0.29) is 0 Å². The van der Waals surface area contributed by atoms with Gasteiger partial charge >= 0.3 is 0 Å². The number of ether oxygens (including phenoxy) is 4. The molecule has 2 aliphatic heterocycles. The number of rotatable bonds is 10. The fourth-order valence-electron chi connectivity index (χ4n) is 6.91. The molecule has 2 aliphatic rings. The van der Waals surface area contributed by atoms with Gasteiger partial charge in [-0.3, -0.25) is 0 Å². The monoisotopic (exact) mass is 548 g/mol. The van der Waals surface area contributed by atoms with E-state index in [2.05, 4.69) is 83.6 Å². The van der Waals surface area contributed by atoms with Gasteiger partial charge in [0, 0.05) is 17.7 Å². The summed E-state index contributed by atoms with van der Waals surface area (Å²) in [6.45, 7) is 15.3. The summed E-state index contributed by atoms with van der Waals surface area (Å²) in [5, 5.41) is 0. The second kappa shape index (κ2) is 12.8. The highest BCUT2D eigenvalue weighted by molar-refractivity contribution is 6.88. The van der Waals surface area contributed by atoms with E-state index in [4.69, 9.17) is 18.9 Å². The lowest BCUT2D eigenvalue weighted by Crippen LogP contribution is -2.43. The second-order valence-corrected chi connectivity index (χ2v) is 17.8. The Morgan fingerprint density at radius 1 is 0.872 bits per heavy atom. The summed E-state index contributed by atoms with van der Waals surface area (Å²) in [6, 6.07) is 14.7. The fourth-order valence-corrected chi connectivity index (χ4v) is 12.6. The van der Waals surface area contributed by atoms with Crippen molar-refractivity contribution in [1.29, 1.82) is 0 Å². The van der Waals surface area contributed by atoms with Crippen LogP contribution in [-0.4, -0.2) is 35.0 Å². The van der Waals surface area contributed by atoms with Gasteiger partial charge in [0.15, 0.2) is 0 Å². The first kappa shape index (κ1) is 29.5. The molecule has 0 spiro atoms. The van der Waals surface area contributed by atoms with Crippen molar-refractivity contribution in [3.63, 3.8) is 0 Å². The zero-order valence-corrected chi connectivity index (χ0v) is 26.3. The SMILES string of the molecule is COc1ccc(C2=C(CCC3CCCCO3)/C(=C/[Si](C(C)C)(C(C)C)C(C)C)Oc3ccc(OC)cc32)cc1. The van der Waals surface area contributed by atoms with E-state index in [9.17, 15) is 0 Å². The molecule has 2 aromatic carbocycles. The molecule has 1 atom stereocenters. The quantitative estimate of drug-likeness (QED) is 0.277. The zero-order chi connectivity index (χ0) is 28.2. The molecule has 212 valence electrons. The molecule has 0 saturated carbocycles. The van der Waals surface area contributed by atoms with Crippen molar-refractivity contribution < 1.29 is 18.9 Å². The molecule has 4 rings (SSSR count). The smallest absolute Gasteiger partial charge is 0.135 e. The normalized spacial score (nSPS) is 19.1. The molecule has 2 aromatic rings. The molecular formula is C34H48O4Si. The number of allylic oxidation sites excluding steroid dienone is 1. The maximum atomic E-state index is 6.90. The molecular weight excluding hydrogens is 500 g/mol. The number of fused-ring (bicyclic) bond motifs is 1. The van der Waals surface area contributed by atoms with Crippen LogP contribution in [0.25, 0.3) is 5.57 Å². The molecule has 4 nitrogen and oxygen atoms in total. The highest BCUT2D eigenvalue weighted by Crippen LogP contribution is 2.49. The van der Waals surface area contributed by atoms with Gasteiger partial charge < -0.3 is 18.9 Å². The van der Waals surface area contributed by atoms with Crippen molar-refractivity contribution in [2.45, 2.75) is 96.4 Å². The lowest BCUT2D eigenvalue weighted by molar-refractivity contribution is 0.0115. The standard InChI is InChI=1S/C34H48O4Si/c1-23(2)39(24(3)4,25(5)6)22-33-30(18-16-28-11-9-10-20-37-28)34(26-12-14-27(35-7)15-13-26)31-21-29(36-8)17-19-32(31)38-33/h12-15,17,19,21-25,28H,9-11,16,18,20H2,1-8H3/b33-22-. The van der Waals surface area contributed by atoms with Crippen LogP contribution in [0.3, 0.4) is 0 Å². The minimum Gasteiger partial charge on any atom is -0.497 e. The van der Waals surface area contributed by atoms with Crippen LogP contribution in [0.1, 0.15) is 84.8 Å². The molecule has 0 bridgehead atoms. The first-order valence-electron chi connectivity index (χ1n) is 14.8. The fraction of sp³-hybridized carbons (Fsp3) is 0.529.